The van der Waals surface area contributed by atoms with E-state index in [0.29, 0.717) is 32.2 Å². The Bertz CT molecular complexity index is 899. The van der Waals surface area contributed by atoms with Gasteiger partial charge in [0.15, 0.2) is 0 Å². The third-order valence-corrected chi connectivity index (χ3v) is 11.2. The van der Waals surface area contributed by atoms with Crippen LogP contribution in [0.1, 0.15) is 26.2 Å². The number of halogens is 3. The SMILES string of the molecule is COC1CC(C(F)F)CNC1C(=O)N1CC2NC(NC(=O)C3CNC(C)CC3C3CC(Cl)NCC3OC)SC2C1. The van der Waals surface area contributed by atoms with E-state index in [0.717, 1.165) is 12.8 Å². The second kappa shape index (κ2) is 13.2. The van der Waals surface area contributed by atoms with Gasteiger partial charge in [0.1, 0.15) is 11.5 Å². The highest BCUT2D eigenvalue weighted by Gasteiger charge is 2.48. The summed E-state index contributed by atoms with van der Waals surface area (Å²) in [5, 5.41) is 16.6. The molecule has 5 aliphatic heterocycles. The van der Waals surface area contributed by atoms with Gasteiger partial charge in [-0.3, -0.25) is 20.2 Å². The average molecular weight is 609 g/mol. The standard InChI is InChI=1S/C26H43ClF2N6O4S/c1-12-4-14(15-6-21(27)31-9-19(15)39-3)16(8-30-12)24(36)34-26-33-17-10-35(11-20(17)40-26)25(37)22-18(38-2)5-13(7-32-22)23(28)29/h12-23,26,30-33H,4-11H2,1-3H3,(H,34,36). The van der Waals surface area contributed by atoms with Crippen molar-refractivity contribution in [2.75, 3.05) is 46.9 Å². The molecule has 5 fully saturated rings. The Morgan fingerprint density at radius 2 is 1.77 bits per heavy atom. The average Bonchev–Trinajstić information content (AvgIpc) is 3.51. The molecule has 0 bridgehead atoms. The molecule has 5 saturated heterocycles. The monoisotopic (exact) mass is 608 g/mol. The van der Waals surface area contributed by atoms with Gasteiger partial charge in [-0.1, -0.05) is 0 Å². The lowest BCUT2D eigenvalue weighted by atomic mass is 9.70. The molecule has 12 atom stereocenters. The van der Waals surface area contributed by atoms with E-state index in [1.54, 1.807) is 23.8 Å². The van der Waals surface area contributed by atoms with Crippen molar-refractivity contribution in [3.8, 4) is 0 Å². The number of carbonyl (C=O) groups excluding carboxylic acids is 2. The highest BCUT2D eigenvalue weighted by atomic mass is 35.5. The van der Waals surface area contributed by atoms with E-state index in [2.05, 4.69) is 33.5 Å². The number of fused-ring (bicyclic) bond motifs is 1. The van der Waals surface area contributed by atoms with Gasteiger partial charge in [0.05, 0.1) is 23.6 Å². The Morgan fingerprint density at radius 3 is 2.48 bits per heavy atom. The molecule has 5 N–H and O–H groups in total. The Labute approximate surface area is 244 Å². The van der Waals surface area contributed by atoms with E-state index >= 15 is 0 Å². The molecular formula is C26H43ClF2N6O4S. The first-order valence-electron chi connectivity index (χ1n) is 14.4. The van der Waals surface area contributed by atoms with Crippen LogP contribution in [0.3, 0.4) is 0 Å². The molecule has 0 aromatic heterocycles. The van der Waals surface area contributed by atoms with Crippen LogP contribution in [0.4, 0.5) is 8.78 Å². The number of methoxy groups -OCH3 is 2. The Hall–Kier alpha value is -0.800. The zero-order valence-corrected chi connectivity index (χ0v) is 24.9. The van der Waals surface area contributed by atoms with Crippen LogP contribution < -0.4 is 26.6 Å². The number of amides is 2. The molecule has 10 nitrogen and oxygen atoms in total. The Kier molecular flexibility index (Phi) is 10.1. The van der Waals surface area contributed by atoms with Crippen molar-refractivity contribution >= 4 is 35.2 Å². The summed E-state index contributed by atoms with van der Waals surface area (Å²) in [6.07, 6.45) is -1.21. The number of piperidine rings is 3. The van der Waals surface area contributed by atoms with Crippen LogP contribution in [0.2, 0.25) is 0 Å². The molecule has 0 aromatic rings. The van der Waals surface area contributed by atoms with Gasteiger partial charge >= 0.3 is 0 Å². The number of ether oxygens (including phenoxy) is 2. The molecule has 40 heavy (non-hydrogen) atoms. The van der Waals surface area contributed by atoms with Crippen molar-refractivity contribution in [3.05, 3.63) is 0 Å². The zero-order valence-electron chi connectivity index (χ0n) is 23.3. The van der Waals surface area contributed by atoms with Crippen molar-refractivity contribution in [1.82, 2.24) is 31.5 Å². The molecule has 0 saturated carbocycles. The van der Waals surface area contributed by atoms with Crippen LogP contribution in [-0.4, -0.2) is 117 Å². The third-order valence-electron chi connectivity index (χ3n) is 9.47. The number of nitrogens with one attached hydrogen (secondary N) is 5. The lowest BCUT2D eigenvalue weighted by molar-refractivity contribution is -0.139. The van der Waals surface area contributed by atoms with Gasteiger partial charge in [0.2, 0.25) is 18.2 Å². The van der Waals surface area contributed by atoms with Gasteiger partial charge in [-0.2, -0.15) is 0 Å². The van der Waals surface area contributed by atoms with E-state index in [-0.39, 0.29) is 70.9 Å². The van der Waals surface area contributed by atoms with Gasteiger partial charge in [-0.05, 0) is 38.0 Å². The number of alkyl halides is 3. The fraction of sp³-hybridized carbons (Fsp3) is 0.923. The van der Waals surface area contributed by atoms with Crippen LogP contribution in [0.5, 0.6) is 0 Å². The summed E-state index contributed by atoms with van der Waals surface area (Å²) >= 11 is 8.09. The first-order chi connectivity index (χ1) is 19.2. The minimum absolute atomic E-state index is 0.0140. The number of nitrogens with zero attached hydrogens (tertiary/aromatic N) is 1. The third kappa shape index (κ3) is 6.56. The first-order valence-corrected chi connectivity index (χ1v) is 15.7. The van der Waals surface area contributed by atoms with E-state index in [1.807, 2.05) is 0 Å². The summed E-state index contributed by atoms with van der Waals surface area (Å²) in [5.41, 5.74) is -0.366. The molecule has 5 aliphatic rings. The number of carbonyl (C=O) groups is 2. The minimum Gasteiger partial charge on any atom is -0.380 e. The predicted molar refractivity (Wildman–Crippen MR) is 149 cm³/mol. The van der Waals surface area contributed by atoms with Gasteiger partial charge in [0.25, 0.3) is 0 Å². The number of likely N-dealkylation sites (tertiary alicyclic amines) is 1. The number of thioether (sulfide) groups is 1. The maximum Gasteiger partial charge on any atom is 0.242 e. The molecule has 0 spiro atoms. The van der Waals surface area contributed by atoms with E-state index in [9.17, 15) is 18.4 Å². The molecule has 0 aromatic carbocycles. The molecule has 5 rings (SSSR count). The van der Waals surface area contributed by atoms with Crippen LogP contribution in [0.15, 0.2) is 0 Å². The fourth-order valence-corrected chi connectivity index (χ4v) is 8.94. The first kappa shape index (κ1) is 30.7. The topological polar surface area (TPSA) is 116 Å². The largest absolute Gasteiger partial charge is 0.380 e. The van der Waals surface area contributed by atoms with Crippen molar-refractivity contribution in [3.63, 3.8) is 0 Å². The van der Waals surface area contributed by atoms with Gasteiger partial charge in [-0.25, -0.2) is 8.78 Å². The second-order valence-corrected chi connectivity index (χ2v) is 13.8. The summed E-state index contributed by atoms with van der Waals surface area (Å²) in [6.45, 7) is 4.57. The minimum atomic E-state index is -2.44. The molecular weight excluding hydrogens is 566 g/mol. The molecule has 0 radical (unpaired) electrons. The van der Waals surface area contributed by atoms with E-state index in [4.69, 9.17) is 21.1 Å². The van der Waals surface area contributed by atoms with Crippen molar-refractivity contribution in [1.29, 1.82) is 0 Å². The molecule has 0 aliphatic carbocycles. The molecule has 228 valence electrons. The predicted octanol–water partition coefficient (Wildman–Crippen LogP) is 0.364. The van der Waals surface area contributed by atoms with Crippen LogP contribution in [0, 0.1) is 23.7 Å². The van der Waals surface area contributed by atoms with Crippen molar-refractivity contribution in [2.45, 2.75) is 79.2 Å². The molecule has 14 heteroatoms. The molecule has 12 unspecified atom stereocenters. The van der Waals surface area contributed by atoms with E-state index in [1.165, 1.54) is 7.11 Å². The number of rotatable bonds is 7. The summed E-state index contributed by atoms with van der Waals surface area (Å²) in [5.74, 6) is -0.758. The highest BCUT2D eigenvalue weighted by Crippen LogP contribution is 2.39. The molecule has 5 heterocycles. The van der Waals surface area contributed by atoms with Crippen LogP contribution >= 0.6 is 23.4 Å². The maximum absolute atomic E-state index is 13.6. The quantitative estimate of drug-likeness (QED) is 0.206. The maximum atomic E-state index is 13.6. The highest BCUT2D eigenvalue weighted by molar-refractivity contribution is 8.00. The lowest BCUT2D eigenvalue weighted by Gasteiger charge is -2.45. The number of hydrogen-bond acceptors (Lipinski definition) is 9. The Morgan fingerprint density at radius 1 is 1.00 bits per heavy atom. The summed E-state index contributed by atoms with van der Waals surface area (Å²) in [6, 6.07) is -0.275. The van der Waals surface area contributed by atoms with Crippen LogP contribution in [0.25, 0.3) is 0 Å². The number of hydrogen-bond donors (Lipinski definition) is 5. The van der Waals surface area contributed by atoms with Gasteiger partial charge in [-0.15, -0.1) is 23.4 Å². The van der Waals surface area contributed by atoms with Crippen molar-refractivity contribution < 1.29 is 27.8 Å². The van der Waals surface area contributed by atoms with Crippen molar-refractivity contribution in [2.24, 2.45) is 23.7 Å². The molecule has 2 amide bonds. The summed E-state index contributed by atoms with van der Waals surface area (Å²) in [4.78, 5) is 28.7. The summed E-state index contributed by atoms with van der Waals surface area (Å²) in [7, 11) is 3.19. The van der Waals surface area contributed by atoms with E-state index < -0.39 is 24.5 Å². The normalized spacial score (nSPS) is 44.0. The smallest absolute Gasteiger partial charge is 0.242 e. The van der Waals surface area contributed by atoms with Gasteiger partial charge in [0, 0.05) is 70.2 Å². The zero-order chi connectivity index (χ0) is 28.6. The summed E-state index contributed by atoms with van der Waals surface area (Å²) < 4.78 is 37.6. The fourth-order valence-electron chi connectivity index (χ4n) is 7.24. The Balaban J connectivity index is 1.15. The van der Waals surface area contributed by atoms with Gasteiger partial charge < -0.3 is 30.3 Å². The lowest BCUT2D eigenvalue weighted by Crippen LogP contribution is -2.59. The van der Waals surface area contributed by atoms with Crippen LogP contribution in [-0.2, 0) is 19.1 Å². The second-order valence-electron chi connectivity index (χ2n) is 11.9.